The molecule has 2 heterocycles. The van der Waals surface area contributed by atoms with Gasteiger partial charge >= 0.3 is 0 Å². The Morgan fingerprint density at radius 1 is 1.62 bits per heavy atom. The van der Waals surface area contributed by atoms with Crippen LogP contribution in [-0.4, -0.2) is 26.2 Å². The first-order valence-corrected chi connectivity index (χ1v) is 6.56. The van der Waals surface area contributed by atoms with Crippen LogP contribution in [0.5, 0.6) is 0 Å². The summed E-state index contributed by atoms with van der Waals surface area (Å²) in [5.74, 6) is 0.890. The van der Waals surface area contributed by atoms with Crippen LogP contribution in [0, 0.1) is 0 Å². The van der Waals surface area contributed by atoms with Gasteiger partial charge in [-0.15, -0.1) is 16.4 Å². The Kier molecular flexibility index (Phi) is 3.40. The third-order valence-electron chi connectivity index (χ3n) is 2.07. The van der Waals surface area contributed by atoms with Gasteiger partial charge < -0.3 is 0 Å². The van der Waals surface area contributed by atoms with Crippen molar-refractivity contribution in [1.29, 1.82) is 0 Å². The van der Waals surface area contributed by atoms with Gasteiger partial charge in [-0.05, 0) is 25.3 Å². The maximum Gasteiger partial charge on any atom is 0.209 e. The summed E-state index contributed by atoms with van der Waals surface area (Å²) in [6.07, 6.45) is 0. The largest absolute Gasteiger partial charge is 0.299 e. The summed E-state index contributed by atoms with van der Waals surface area (Å²) in [6.45, 7) is 3.43. The van der Waals surface area contributed by atoms with Crippen molar-refractivity contribution in [2.75, 3.05) is 0 Å². The van der Waals surface area contributed by atoms with Crippen LogP contribution in [0.4, 0.5) is 0 Å². The number of hydrogen-bond acceptors (Lipinski definition) is 5. The molecule has 0 aliphatic carbocycles. The number of thioether (sulfide) groups is 1. The molecule has 0 saturated heterocycles. The van der Waals surface area contributed by atoms with E-state index in [0.717, 1.165) is 10.7 Å². The maximum absolute atomic E-state index is 11.1. The topological polar surface area (TPSA) is 58.6 Å². The van der Waals surface area contributed by atoms with Crippen LogP contribution in [0.2, 0.25) is 0 Å². The van der Waals surface area contributed by atoms with Crippen LogP contribution >= 0.6 is 23.1 Å². The van der Waals surface area contributed by atoms with E-state index in [2.05, 4.69) is 15.2 Å². The number of Topliss-reactive ketones (excluding diaryl/α,β-unsaturated/α-hetero) is 1. The highest BCUT2D eigenvalue weighted by Crippen LogP contribution is 2.25. The van der Waals surface area contributed by atoms with E-state index in [4.69, 9.17) is 0 Å². The number of H-pyrrole nitrogens is 1. The van der Waals surface area contributed by atoms with Crippen molar-refractivity contribution in [2.45, 2.75) is 24.3 Å². The van der Waals surface area contributed by atoms with E-state index >= 15 is 0 Å². The summed E-state index contributed by atoms with van der Waals surface area (Å²) < 4.78 is 0. The predicted molar refractivity (Wildman–Crippen MR) is 65.7 cm³/mol. The molecule has 2 aromatic rings. The molecule has 0 aliphatic heterocycles. The van der Waals surface area contributed by atoms with Gasteiger partial charge in [0.15, 0.2) is 5.82 Å². The Morgan fingerprint density at radius 3 is 3.06 bits per heavy atom. The summed E-state index contributed by atoms with van der Waals surface area (Å²) in [5.41, 5.74) is 0. The van der Waals surface area contributed by atoms with Gasteiger partial charge in [0, 0.05) is 0 Å². The molecule has 0 spiro atoms. The first kappa shape index (κ1) is 11.3. The predicted octanol–water partition coefficient (Wildman–Crippen LogP) is 2.60. The van der Waals surface area contributed by atoms with Crippen LogP contribution in [0.1, 0.15) is 13.8 Å². The zero-order valence-electron chi connectivity index (χ0n) is 8.93. The van der Waals surface area contributed by atoms with Crippen LogP contribution < -0.4 is 0 Å². The Bertz CT molecular complexity index is 478. The first-order valence-electron chi connectivity index (χ1n) is 4.80. The minimum absolute atomic E-state index is 0.105. The molecule has 0 aromatic carbocycles. The third kappa shape index (κ3) is 2.51. The smallest absolute Gasteiger partial charge is 0.209 e. The van der Waals surface area contributed by atoms with Crippen LogP contribution in [0.3, 0.4) is 0 Å². The zero-order valence-corrected chi connectivity index (χ0v) is 10.6. The van der Waals surface area contributed by atoms with E-state index in [1.165, 1.54) is 11.8 Å². The molecule has 0 fully saturated rings. The number of aromatic amines is 1. The number of hydrogen-bond donors (Lipinski definition) is 1. The summed E-state index contributed by atoms with van der Waals surface area (Å²) in [6, 6.07) is 3.95. The van der Waals surface area contributed by atoms with Gasteiger partial charge in [-0.2, -0.15) is 0 Å². The first-order chi connectivity index (χ1) is 7.66. The van der Waals surface area contributed by atoms with E-state index in [1.54, 1.807) is 18.3 Å². The number of nitrogens with one attached hydrogen (secondary N) is 1. The number of aromatic nitrogens is 3. The molecule has 0 aliphatic rings. The standard InChI is InChI=1S/C10H11N3OS2/c1-6(14)7(2)16-10-11-9(12-13-10)8-4-3-5-15-8/h3-5,7H,1-2H3,(H,11,12,13). The molecule has 84 valence electrons. The summed E-state index contributed by atoms with van der Waals surface area (Å²) >= 11 is 2.98. The Morgan fingerprint density at radius 2 is 2.44 bits per heavy atom. The fourth-order valence-electron chi connectivity index (χ4n) is 1.06. The van der Waals surface area contributed by atoms with Crippen molar-refractivity contribution in [3.63, 3.8) is 0 Å². The van der Waals surface area contributed by atoms with Crippen molar-refractivity contribution in [3.05, 3.63) is 17.5 Å². The van der Waals surface area contributed by atoms with E-state index < -0.39 is 0 Å². The average Bonchev–Trinajstić information content (AvgIpc) is 2.85. The van der Waals surface area contributed by atoms with E-state index in [-0.39, 0.29) is 11.0 Å². The lowest BCUT2D eigenvalue weighted by Crippen LogP contribution is -2.08. The SMILES string of the molecule is CC(=O)C(C)Sc1n[nH]c(-c2cccs2)n1. The molecule has 0 saturated carbocycles. The number of carbonyl (C=O) groups excluding carboxylic acids is 1. The molecule has 1 unspecified atom stereocenters. The number of ketones is 1. The highest BCUT2D eigenvalue weighted by atomic mass is 32.2. The Labute approximate surface area is 101 Å². The normalized spacial score (nSPS) is 12.6. The van der Waals surface area contributed by atoms with Gasteiger partial charge in [0.25, 0.3) is 0 Å². The third-order valence-corrected chi connectivity index (χ3v) is 4.03. The highest BCUT2D eigenvalue weighted by molar-refractivity contribution is 8.00. The average molecular weight is 253 g/mol. The van der Waals surface area contributed by atoms with Gasteiger partial charge in [-0.3, -0.25) is 9.89 Å². The molecule has 0 radical (unpaired) electrons. The molecule has 2 aromatic heterocycles. The lowest BCUT2D eigenvalue weighted by atomic mass is 10.3. The monoisotopic (exact) mass is 253 g/mol. The summed E-state index contributed by atoms with van der Waals surface area (Å²) in [5, 5.41) is 9.45. The number of carbonyl (C=O) groups is 1. The van der Waals surface area contributed by atoms with E-state index in [9.17, 15) is 4.79 Å². The minimum Gasteiger partial charge on any atom is -0.299 e. The second kappa shape index (κ2) is 4.80. The van der Waals surface area contributed by atoms with Gasteiger partial charge in [-0.25, -0.2) is 4.98 Å². The van der Waals surface area contributed by atoms with Gasteiger partial charge in [0.05, 0.1) is 10.1 Å². The maximum atomic E-state index is 11.1. The Balaban J connectivity index is 2.11. The molecule has 1 N–H and O–H groups in total. The fraction of sp³-hybridized carbons (Fsp3) is 0.300. The molecule has 2 rings (SSSR count). The molecule has 16 heavy (non-hydrogen) atoms. The molecule has 0 amide bonds. The van der Waals surface area contributed by atoms with Crippen molar-refractivity contribution in [2.24, 2.45) is 0 Å². The lowest BCUT2D eigenvalue weighted by molar-refractivity contribution is -0.116. The van der Waals surface area contributed by atoms with Crippen molar-refractivity contribution in [3.8, 4) is 10.7 Å². The molecular weight excluding hydrogens is 242 g/mol. The molecule has 1 atom stereocenters. The van der Waals surface area contributed by atoms with Crippen molar-refractivity contribution < 1.29 is 4.79 Å². The van der Waals surface area contributed by atoms with E-state index in [0.29, 0.717) is 5.16 Å². The second-order valence-corrected chi connectivity index (χ2v) is 5.57. The molecular formula is C10H11N3OS2. The van der Waals surface area contributed by atoms with E-state index in [1.807, 2.05) is 24.4 Å². The van der Waals surface area contributed by atoms with Crippen LogP contribution in [0.25, 0.3) is 10.7 Å². The molecule has 4 nitrogen and oxygen atoms in total. The second-order valence-electron chi connectivity index (χ2n) is 3.31. The molecule has 6 heteroatoms. The van der Waals surface area contributed by atoms with Gasteiger partial charge in [0.2, 0.25) is 5.16 Å². The summed E-state index contributed by atoms with van der Waals surface area (Å²) in [7, 11) is 0. The summed E-state index contributed by atoms with van der Waals surface area (Å²) in [4.78, 5) is 16.5. The van der Waals surface area contributed by atoms with Crippen molar-refractivity contribution in [1.82, 2.24) is 15.2 Å². The fourth-order valence-corrected chi connectivity index (χ4v) is 2.45. The zero-order chi connectivity index (χ0) is 11.5. The quantitative estimate of drug-likeness (QED) is 0.851. The van der Waals surface area contributed by atoms with Crippen LogP contribution in [-0.2, 0) is 4.79 Å². The van der Waals surface area contributed by atoms with Crippen LogP contribution in [0.15, 0.2) is 22.7 Å². The van der Waals surface area contributed by atoms with Gasteiger partial charge in [-0.1, -0.05) is 17.8 Å². The van der Waals surface area contributed by atoms with Gasteiger partial charge in [0.1, 0.15) is 5.78 Å². The lowest BCUT2D eigenvalue weighted by Gasteiger charge is -2.01. The Hall–Kier alpha value is -1.14. The van der Waals surface area contributed by atoms with Crippen molar-refractivity contribution >= 4 is 28.9 Å². The molecule has 0 bridgehead atoms. The number of nitrogens with zero attached hydrogens (tertiary/aromatic N) is 2. The number of thiophene rings is 1. The minimum atomic E-state index is -0.105. The number of rotatable bonds is 4. The highest BCUT2D eigenvalue weighted by Gasteiger charge is 2.13.